The molecule has 1 N–H and O–H groups in total. The molecule has 0 aliphatic carbocycles. The molecule has 0 aromatic rings. The number of hydrogen-bond acceptors (Lipinski definition) is 1. The second-order valence-electron chi connectivity index (χ2n) is 1.08. The molecule has 0 radical (unpaired) electrons. The van der Waals surface area contributed by atoms with Gasteiger partial charge in [-0.05, 0) is 6.42 Å². The molecule has 0 aromatic heterocycles. The molecule has 0 saturated heterocycles. The van der Waals surface area contributed by atoms with Crippen LogP contribution in [0.4, 0.5) is 4.39 Å². The van der Waals surface area contributed by atoms with Crippen LogP contribution in [0.15, 0.2) is 0 Å². The maximum atomic E-state index is 9.50. The number of unbranched alkanes of at least 4 members (excludes halogenated alkanes) is 1. The summed E-state index contributed by atoms with van der Waals surface area (Å²) in [5.74, 6) is 0. The largest absolute Gasteiger partial charge is 0.396 e. The molecule has 0 rings (SSSR count). The Morgan fingerprint density at radius 1 is 1.38 bits per heavy atom. The van der Waals surface area contributed by atoms with E-state index in [-0.39, 0.29) is 0 Å². The summed E-state index contributed by atoms with van der Waals surface area (Å²) >= 11 is 0. The van der Waals surface area contributed by atoms with Crippen molar-refractivity contribution in [3.8, 4) is 0 Å². The van der Waals surface area contributed by atoms with E-state index in [4.69, 9.17) is 5.11 Å². The van der Waals surface area contributed by atoms with Crippen LogP contribution in [0.5, 0.6) is 0 Å². The van der Waals surface area contributed by atoms with Gasteiger partial charge >= 0.3 is 0 Å². The average molecular weight is 375 g/mol. The van der Waals surface area contributed by atoms with Crippen molar-refractivity contribution < 1.29 is 9.50 Å². The molecule has 0 unspecified atom stereocenters. The van der Waals surface area contributed by atoms with Crippen molar-refractivity contribution in [2.75, 3.05) is 13.8 Å². The summed E-state index contributed by atoms with van der Waals surface area (Å²) in [7, 11) is 0.500. The van der Waals surface area contributed by atoms with E-state index in [0.717, 1.165) is 12.8 Å². The molecule has 0 bridgehead atoms. The molecule has 0 saturated carbocycles. The summed E-state index contributed by atoms with van der Waals surface area (Å²) in [5.41, 5.74) is 0. The first-order valence-corrected chi connectivity index (χ1v) is 2.40. The van der Waals surface area contributed by atoms with Crippen molar-refractivity contribution in [1.29, 1.82) is 0 Å². The molecule has 0 fully saturated rings. The SMILES string of the molecule is CCCCO.CF.[Rf]. The van der Waals surface area contributed by atoms with Crippen molar-refractivity contribution in [3.63, 3.8) is 0 Å². The zero-order valence-corrected chi connectivity index (χ0v) is 12.1. The van der Waals surface area contributed by atoms with Gasteiger partial charge in [-0.2, -0.15) is 0 Å². The topological polar surface area (TPSA) is 20.2 Å². The zero-order chi connectivity index (χ0) is 6.12. The van der Waals surface area contributed by atoms with E-state index in [1.54, 1.807) is 0 Å². The smallest absolute Gasteiger partial charge is 0.0785 e. The second kappa shape index (κ2) is 39.4. The van der Waals surface area contributed by atoms with Gasteiger partial charge in [0.1, 0.15) is 0 Å². The van der Waals surface area contributed by atoms with Gasteiger partial charge in [0, 0.05) is 6.61 Å². The molecule has 0 spiro atoms. The predicted octanol–water partition coefficient (Wildman–Crippen LogP) is 1.36. The quantitative estimate of drug-likeness (QED) is 0.773. The van der Waals surface area contributed by atoms with E-state index in [2.05, 4.69) is 6.92 Å². The Kier molecular flexibility index (Phi) is 77.9. The number of hydrogen-bond donors (Lipinski definition) is 1. The normalized spacial score (nSPS) is 6.00. The molecule has 8 heavy (non-hydrogen) atoms. The summed E-state index contributed by atoms with van der Waals surface area (Å²) in [5, 5.41) is 8.07. The maximum Gasteiger partial charge on any atom is 0.0785 e. The van der Waals surface area contributed by atoms with Gasteiger partial charge in [-0.15, -0.1) is 0 Å². The van der Waals surface area contributed by atoms with E-state index in [1.807, 2.05) is 0 Å². The Morgan fingerprint density at radius 3 is 1.75 bits per heavy atom. The van der Waals surface area contributed by atoms with Gasteiger partial charge < -0.3 is 5.11 Å². The van der Waals surface area contributed by atoms with Gasteiger partial charge in [-0.25, -0.2) is 0 Å². The maximum absolute atomic E-state index is 9.50. The minimum Gasteiger partial charge on any atom is -0.396 e. The first kappa shape index (κ1) is 15.8. The Hall–Kier alpha value is -1.11. The van der Waals surface area contributed by atoms with Crippen LogP contribution in [-0.4, -0.2) is 18.9 Å². The third-order valence-electron chi connectivity index (χ3n) is 0.512. The fraction of sp³-hybridized carbons (Fsp3) is 1.00. The minimum absolute atomic E-state index is 0. The fourth-order valence-electron chi connectivity index (χ4n) is 0.158. The van der Waals surface area contributed by atoms with E-state index in [0.29, 0.717) is 13.8 Å². The molecule has 0 aromatic carbocycles. The number of rotatable bonds is 2. The minimum atomic E-state index is 0. The Balaban J connectivity index is -0.0000000750. The first-order chi connectivity index (χ1) is 3.41. The number of alkyl halides is 1. The van der Waals surface area contributed by atoms with E-state index < -0.39 is 0 Å². The van der Waals surface area contributed by atoms with Gasteiger partial charge in [-0.1, -0.05) is 13.3 Å². The van der Waals surface area contributed by atoms with Crippen LogP contribution in [-0.2, 0) is 0 Å². The zero-order valence-electron chi connectivity index (χ0n) is 5.65. The van der Waals surface area contributed by atoms with Crippen LogP contribution in [0.3, 0.4) is 0 Å². The third kappa shape index (κ3) is 93.4. The van der Waals surface area contributed by atoms with E-state index in [1.165, 1.54) is 0 Å². The number of halogens is 1. The summed E-state index contributed by atoms with van der Waals surface area (Å²) in [4.78, 5) is 0. The summed E-state index contributed by atoms with van der Waals surface area (Å²) in [6.07, 6.45) is 2.04. The van der Waals surface area contributed by atoms with Gasteiger partial charge in [0.2, 0.25) is 0 Å². The molecular weight excluding hydrogens is 362 g/mol. The summed E-state index contributed by atoms with van der Waals surface area (Å²) in [6, 6.07) is 0. The van der Waals surface area contributed by atoms with Gasteiger partial charge in [0.05, 0.1) is 7.18 Å². The molecule has 0 amide bonds. The number of aliphatic hydroxyl groups is 1. The molecule has 48 valence electrons. The van der Waals surface area contributed by atoms with Crippen molar-refractivity contribution in [1.82, 2.24) is 0 Å². The average Bonchev–Trinajstić information content (AvgIpc) is 1.75. The molecule has 0 aliphatic rings. The van der Waals surface area contributed by atoms with Crippen LogP contribution in [0.25, 0.3) is 0 Å². The van der Waals surface area contributed by atoms with Crippen LogP contribution >= 0.6 is 0 Å². The van der Waals surface area contributed by atoms with Crippen LogP contribution in [0, 0.1) is 0 Å². The molecule has 0 heterocycles. The van der Waals surface area contributed by atoms with Crippen LogP contribution in [0.2, 0.25) is 0 Å². The number of aliphatic hydroxyl groups excluding tert-OH is 1. The predicted molar refractivity (Wildman–Crippen MR) is 29.0 cm³/mol. The third-order valence-corrected chi connectivity index (χ3v) is 0.512. The van der Waals surface area contributed by atoms with Crippen molar-refractivity contribution >= 4 is 0 Å². The molecule has 0 atom stereocenters. The summed E-state index contributed by atoms with van der Waals surface area (Å²) < 4.78 is 9.50. The van der Waals surface area contributed by atoms with Crippen molar-refractivity contribution in [2.45, 2.75) is 19.8 Å². The van der Waals surface area contributed by atoms with Crippen molar-refractivity contribution in [3.05, 3.63) is 0 Å². The molecule has 0 aliphatic heterocycles. The fourth-order valence-corrected chi connectivity index (χ4v) is 0.158. The summed E-state index contributed by atoms with van der Waals surface area (Å²) in [6.45, 7) is 2.40. The Bertz CT molecular complexity index is 19.9. The van der Waals surface area contributed by atoms with Crippen LogP contribution < -0.4 is 0 Å². The molecular formula is C5H13FORf. The Labute approximate surface area is 44.2 Å². The molecule has 1 nitrogen and oxygen atoms in total. The monoisotopic (exact) mass is 375 g/mol. The van der Waals surface area contributed by atoms with Gasteiger partial charge in [-0.3, -0.25) is 4.39 Å². The van der Waals surface area contributed by atoms with Gasteiger partial charge in [0.15, 0.2) is 0 Å². The van der Waals surface area contributed by atoms with Gasteiger partial charge in [0.25, 0.3) is 0 Å². The first-order valence-electron chi connectivity index (χ1n) is 2.40. The van der Waals surface area contributed by atoms with E-state index >= 15 is 0 Å². The molecule has 3 heteroatoms. The van der Waals surface area contributed by atoms with E-state index in [9.17, 15) is 4.39 Å². The standard InChI is InChI=1S/C4H10O.CH3F.Rf/c1-2-3-4-5;1-2;/h5H,2-4H2,1H3;1H3;. The second-order valence-corrected chi connectivity index (χ2v) is 1.08. The van der Waals surface area contributed by atoms with Crippen molar-refractivity contribution in [2.24, 2.45) is 0 Å². The Morgan fingerprint density at radius 2 is 1.75 bits per heavy atom. The van der Waals surface area contributed by atoms with Crippen LogP contribution in [0.1, 0.15) is 19.8 Å².